The maximum atomic E-state index is 11.5. The second kappa shape index (κ2) is 6.77. The summed E-state index contributed by atoms with van der Waals surface area (Å²) in [5.74, 6) is -0.740. The molecule has 1 aromatic carbocycles. The van der Waals surface area contributed by atoms with E-state index in [2.05, 4.69) is 5.32 Å². The number of nitro groups is 1. The minimum Gasteiger partial charge on any atom is -0.506 e. The van der Waals surface area contributed by atoms with Crippen molar-refractivity contribution in [2.45, 2.75) is 19.4 Å². The van der Waals surface area contributed by atoms with Crippen LogP contribution < -0.4 is 11.1 Å². The Bertz CT molecular complexity index is 453. The minimum atomic E-state index is -0.714. The van der Waals surface area contributed by atoms with Gasteiger partial charge in [-0.3, -0.25) is 14.9 Å². The van der Waals surface area contributed by atoms with E-state index >= 15 is 0 Å². The molecule has 4 N–H and O–H groups in total. The first-order valence-electron chi connectivity index (χ1n) is 4.99. The number of amides is 1. The van der Waals surface area contributed by atoms with Crippen LogP contribution in [0.15, 0.2) is 18.2 Å². The molecule has 100 valence electrons. The van der Waals surface area contributed by atoms with Gasteiger partial charge in [-0.1, -0.05) is 6.92 Å². The fraction of sp³-hybridized carbons (Fsp3) is 0.300. The van der Waals surface area contributed by atoms with Crippen LogP contribution in [0.1, 0.15) is 13.3 Å². The highest BCUT2D eigenvalue weighted by Gasteiger charge is 2.15. The minimum absolute atomic E-state index is 0. The monoisotopic (exact) mass is 275 g/mol. The van der Waals surface area contributed by atoms with Crippen LogP contribution in [0.3, 0.4) is 0 Å². The van der Waals surface area contributed by atoms with E-state index in [1.54, 1.807) is 6.92 Å². The first-order chi connectivity index (χ1) is 7.95. The Morgan fingerprint density at radius 3 is 2.72 bits per heavy atom. The molecule has 0 aliphatic carbocycles. The van der Waals surface area contributed by atoms with E-state index in [1.807, 2.05) is 0 Å². The number of rotatable bonds is 4. The van der Waals surface area contributed by atoms with Crippen LogP contribution in [-0.4, -0.2) is 22.0 Å². The number of phenols is 1. The predicted molar refractivity (Wildman–Crippen MR) is 68.9 cm³/mol. The summed E-state index contributed by atoms with van der Waals surface area (Å²) < 4.78 is 0. The molecule has 1 rings (SSSR count). The lowest BCUT2D eigenvalue weighted by molar-refractivity contribution is -0.384. The van der Waals surface area contributed by atoms with Gasteiger partial charge in [0.15, 0.2) is 0 Å². The summed E-state index contributed by atoms with van der Waals surface area (Å²) in [6.45, 7) is 1.73. The van der Waals surface area contributed by atoms with Gasteiger partial charge in [0.1, 0.15) is 5.75 Å². The standard InChI is InChI=1S/C10H13N3O4.ClH/c1-2-7(11)10(15)12-8-5-6(13(16)17)3-4-9(8)14;/h3-5,7,14H,2,11H2,1H3,(H,12,15);1H/t7-;/m0./s1. The largest absolute Gasteiger partial charge is 0.506 e. The van der Waals surface area contributed by atoms with E-state index in [0.717, 1.165) is 18.2 Å². The van der Waals surface area contributed by atoms with Crippen molar-refractivity contribution >= 4 is 29.7 Å². The van der Waals surface area contributed by atoms with Crippen molar-refractivity contribution in [1.82, 2.24) is 0 Å². The van der Waals surface area contributed by atoms with Crippen LogP contribution >= 0.6 is 12.4 Å². The highest BCUT2D eigenvalue weighted by molar-refractivity contribution is 5.96. The van der Waals surface area contributed by atoms with E-state index in [9.17, 15) is 20.0 Å². The molecule has 0 aromatic heterocycles. The van der Waals surface area contributed by atoms with E-state index in [1.165, 1.54) is 0 Å². The molecule has 1 atom stereocenters. The van der Waals surface area contributed by atoms with Crippen LogP contribution in [0.5, 0.6) is 5.75 Å². The Morgan fingerprint density at radius 1 is 1.61 bits per heavy atom. The van der Waals surface area contributed by atoms with Crippen molar-refractivity contribution in [2.24, 2.45) is 5.73 Å². The lowest BCUT2D eigenvalue weighted by Crippen LogP contribution is -2.34. The summed E-state index contributed by atoms with van der Waals surface area (Å²) in [4.78, 5) is 21.4. The Balaban J connectivity index is 0.00000289. The normalized spacial score (nSPS) is 11.2. The molecular weight excluding hydrogens is 262 g/mol. The smallest absolute Gasteiger partial charge is 0.271 e. The zero-order chi connectivity index (χ0) is 13.0. The summed E-state index contributed by atoms with van der Waals surface area (Å²) >= 11 is 0. The SMILES string of the molecule is CC[C@H](N)C(=O)Nc1cc([N+](=O)[O-])ccc1O.Cl. The van der Waals surface area contributed by atoms with Crippen LogP contribution in [0, 0.1) is 10.1 Å². The number of halogens is 1. The summed E-state index contributed by atoms with van der Waals surface area (Å²) in [7, 11) is 0. The molecule has 1 aromatic rings. The molecule has 0 fully saturated rings. The lowest BCUT2D eigenvalue weighted by atomic mass is 10.2. The van der Waals surface area contributed by atoms with Gasteiger partial charge < -0.3 is 16.2 Å². The first kappa shape index (κ1) is 16.1. The molecule has 0 aliphatic heterocycles. The Hall–Kier alpha value is -1.86. The first-order valence-corrected chi connectivity index (χ1v) is 4.99. The summed E-state index contributed by atoms with van der Waals surface area (Å²) in [5, 5.41) is 22.3. The van der Waals surface area contributed by atoms with Gasteiger partial charge in [0.2, 0.25) is 5.91 Å². The fourth-order valence-corrected chi connectivity index (χ4v) is 1.15. The number of nitrogens with zero attached hydrogens (tertiary/aromatic N) is 1. The highest BCUT2D eigenvalue weighted by atomic mass is 35.5. The molecule has 18 heavy (non-hydrogen) atoms. The summed E-state index contributed by atoms with van der Waals surface area (Å²) in [6.07, 6.45) is 0.432. The molecule has 0 bridgehead atoms. The van der Waals surface area contributed by atoms with Gasteiger partial charge in [0.05, 0.1) is 16.7 Å². The van der Waals surface area contributed by atoms with E-state index in [-0.39, 0.29) is 29.5 Å². The number of carbonyl (C=O) groups excluding carboxylic acids is 1. The molecule has 1 amide bonds. The second-order valence-corrected chi connectivity index (χ2v) is 3.46. The Kier molecular flexibility index (Phi) is 6.07. The Morgan fingerprint density at radius 2 is 2.22 bits per heavy atom. The van der Waals surface area contributed by atoms with Gasteiger partial charge in [-0.2, -0.15) is 0 Å². The number of non-ortho nitro benzene ring substituents is 1. The maximum Gasteiger partial charge on any atom is 0.271 e. The van der Waals surface area contributed by atoms with Gasteiger partial charge in [0, 0.05) is 12.1 Å². The van der Waals surface area contributed by atoms with Crippen LogP contribution in [0.4, 0.5) is 11.4 Å². The third-order valence-corrected chi connectivity index (χ3v) is 2.23. The van der Waals surface area contributed by atoms with Gasteiger partial charge in [0.25, 0.3) is 5.69 Å². The number of nitrogens with two attached hydrogens (primary N) is 1. The molecule has 7 nitrogen and oxygen atoms in total. The van der Waals surface area contributed by atoms with E-state index in [0.29, 0.717) is 6.42 Å². The summed E-state index contributed by atoms with van der Waals surface area (Å²) in [6, 6.07) is 2.65. The Labute approximate surface area is 110 Å². The van der Waals surface area contributed by atoms with Crippen molar-refractivity contribution in [2.75, 3.05) is 5.32 Å². The number of hydrogen-bond acceptors (Lipinski definition) is 5. The lowest BCUT2D eigenvalue weighted by Gasteiger charge is -2.10. The molecule has 0 heterocycles. The van der Waals surface area contributed by atoms with Crippen molar-refractivity contribution in [3.8, 4) is 5.75 Å². The molecule has 0 saturated heterocycles. The molecule has 0 aliphatic rings. The molecular formula is C10H14ClN3O4. The number of benzene rings is 1. The third-order valence-electron chi connectivity index (χ3n) is 2.23. The summed E-state index contributed by atoms with van der Waals surface area (Å²) in [5.41, 5.74) is 5.25. The molecule has 0 unspecified atom stereocenters. The predicted octanol–water partition coefficient (Wildman–Crippen LogP) is 1.40. The number of hydrogen-bond donors (Lipinski definition) is 3. The number of carbonyl (C=O) groups is 1. The zero-order valence-corrected chi connectivity index (χ0v) is 10.4. The van der Waals surface area contributed by atoms with Crippen molar-refractivity contribution in [1.29, 1.82) is 0 Å². The van der Waals surface area contributed by atoms with Crippen molar-refractivity contribution < 1.29 is 14.8 Å². The van der Waals surface area contributed by atoms with Gasteiger partial charge >= 0.3 is 0 Å². The fourth-order valence-electron chi connectivity index (χ4n) is 1.15. The van der Waals surface area contributed by atoms with Gasteiger partial charge in [-0.05, 0) is 12.5 Å². The van der Waals surface area contributed by atoms with E-state index in [4.69, 9.17) is 5.73 Å². The zero-order valence-electron chi connectivity index (χ0n) is 9.62. The topological polar surface area (TPSA) is 118 Å². The number of anilines is 1. The van der Waals surface area contributed by atoms with Gasteiger partial charge in [-0.15, -0.1) is 12.4 Å². The highest BCUT2D eigenvalue weighted by Crippen LogP contribution is 2.27. The van der Waals surface area contributed by atoms with Crippen LogP contribution in [0.2, 0.25) is 0 Å². The number of phenolic OH excluding ortho intramolecular Hbond substituents is 1. The average Bonchev–Trinajstić information content (AvgIpc) is 2.30. The number of nitrogens with one attached hydrogen (secondary N) is 1. The number of aromatic hydroxyl groups is 1. The van der Waals surface area contributed by atoms with Crippen molar-refractivity contribution in [3.05, 3.63) is 28.3 Å². The van der Waals surface area contributed by atoms with E-state index < -0.39 is 16.9 Å². The van der Waals surface area contributed by atoms with Gasteiger partial charge in [-0.25, -0.2) is 0 Å². The molecule has 8 heteroatoms. The maximum absolute atomic E-state index is 11.5. The molecule has 0 spiro atoms. The average molecular weight is 276 g/mol. The second-order valence-electron chi connectivity index (χ2n) is 3.46. The van der Waals surface area contributed by atoms with Crippen LogP contribution in [-0.2, 0) is 4.79 Å². The molecule has 0 saturated carbocycles. The van der Waals surface area contributed by atoms with Crippen LogP contribution in [0.25, 0.3) is 0 Å². The third kappa shape index (κ3) is 3.86. The quantitative estimate of drug-likeness (QED) is 0.436. The van der Waals surface area contributed by atoms with Crippen molar-refractivity contribution in [3.63, 3.8) is 0 Å². The number of nitro benzene ring substituents is 1. The molecule has 0 radical (unpaired) electrons.